The minimum absolute atomic E-state index is 0.422. The van der Waals surface area contributed by atoms with E-state index in [0.717, 1.165) is 19.3 Å². The van der Waals surface area contributed by atoms with Gasteiger partial charge in [-0.15, -0.1) is 0 Å². The lowest BCUT2D eigenvalue weighted by atomic mass is 9.96. The summed E-state index contributed by atoms with van der Waals surface area (Å²) in [5.41, 5.74) is 0.422. The summed E-state index contributed by atoms with van der Waals surface area (Å²) in [4.78, 5) is 0. The first-order chi connectivity index (χ1) is 7.50. The highest BCUT2D eigenvalue weighted by Gasteiger charge is 2.49. The third-order valence-electron chi connectivity index (χ3n) is 2.91. The summed E-state index contributed by atoms with van der Waals surface area (Å²) in [6.07, 6.45) is 1.94. The minimum Gasteiger partial charge on any atom is -0.308 e. The second-order valence-corrected chi connectivity index (χ2v) is 4.08. The standard InChI is InChI=1S/C11H17F4N/c1-16-9(11(14,15)10(12)13)8-6-4-2-3-5-7-8/h6,9-10,16H,2-5,7H2,1H3. The highest BCUT2D eigenvalue weighted by Crippen LogP contribution is 2.33. The molecular weight excluding hydrogens is 222 g/mol. The molecule has 1 nitrogen and oxygen atoms in total. The zero-order valence-corrected chi connectivity index (χ0v) is 9.28. The molecule has 5 heteroatoms. The Kier molecular flexibility index (Phi) is 4.77. The third kappa shape index (κ3) is 2.97. The maximum absolute atomic E-state index is 13.3. The second-order valence-electron chi connectivity index (χ2n) is 4.08. The molecule has 16 heavy (non-hydrogen) atoms. The molecule has 0 spiro atoms. The Morgan fingerprint density at radius 3 is 2.50 bits per heavy atom. The molecule has 0 amide bonds. The van der Waals surface area contributed by atoms with Gasteiger partial charge in [-0.2, -0.15) is 8.78 Å². The van der Waals surface area contributed by atoms with Gasteiger partial charge < -0.3 is 5.32 Å². The van der Waals surface area contributed by atoms with Crippen LogP contribution in [0.25, 0.3) is 0 Å². The van der Waals surface area contributed by atoms with Crippen LogP contribution in [-0.4, -0.2) is 25.4 Å². The van der Waals surface area contributed by atoms with E-state index in [1.165, 1.54) is 7.05 Å². The Morgan fingerprint density at radius 2 is 1.94 bits per heavy atom. The lowest BCUT2D eigenvalue weighted by Crippen LogP contribution is -2.49. The highest BCUT2D eigenvalue weighted by atomic mass is 19.3. The highest BCUT2D eigenvalue weighted by molar-refractivity contribution is 5.16. The average molecular weight is 239 g/mol. The number of halogens is 4. The van der Waals surface area contributed by atoms with Crippen molar-refractivity contribution < 1.29 is 17.6 Å². The van der Waals surface area contributed by atoms with Crippen molar-refractivity contribution in [1.29, 1.82) is 0 Å². The van der Waals surface area contributed by atoms with E-state index < -0.39 is 18.4 Å². The van der Waals surface area contributed by atoms with Crippen molar-refractivity contribution >= 4 is 0 Å². The zero-order chi connectivity index (χ0) is 12.2. The zero-order valence-electron chi connectivity index (χ0n) is 9.28. The van der Waals surface area contributed by atoms with Gasteiger partial charge in [-0.05, 0) is 32.7 Å². The number of alkyl halides is 4. The van der Waals surface area contributed by atoms with Gasteiger partial charge in [-0.3, -0.25) is 0 Å². The molecule has 0 radical (unpaired) electrons. The first-order valence-corrected chi connectivity index (χ1v) is 5.52. The largest absolute Gasteiger partial charge is 0.326 e. The van der Waals surface area contributed by atoms with E-state index in [0.29, 0.717) is 18.4 Å². The molecule has 0 bridgehead atoms. The number of rotatable bonds is 4. The van der Waals surface area contributed by atoms with Gasteiger partial charge in [-0.1, -0.05) is 18.1 Å². The maximum atomic E-state index is 13.3. The molecule has 1 atom stereocenters. The number of hydrogen-bond acceptors (Lipinski definition) is 1. The fourth-order valence-corrected chi connectivity index (χ4v) is 2.05. The summed E-state index contributed by atoms with van der Waals surface area (Å²) in [7, 11) is 1.30. The number of likely N-dealkylation sites (N-methyl/N-ethyl adjacent to an activating group) is 1. The predicted octanol–water partition coefficient (Wildman–Crippen LogP) is 3.37. The molecule has 94 valence electrons. The molecule has 0 saturated carbocycles. The van der Waals surface area contributed by atoms with Crippen molar-refractivity contribution in [3.63, 3.8) is 0 Å². The van der Waals surface area contributed by atoms with Gasteiger partial charge in [0.2, 0.25) is 0 Å². The van der Waals surface area contributed by atoms with Crippen LogP contribution in [0.4, 0.5) is 17.6 Å². The van der Waals surface area contributed by atoms with Gasteiger partial charge in [0.05, 0.1) is 6.04 Å². The van der Waals surface area contributed by atoms with E-state index in [1.807, 2.05) is 0 Å². The molecule has 1 aliphatic carbocycles. The van der Waals surface area contributed by atoms with Crippen LogP contribution in [0.1, 0.15) is 32.1 Å². The summed E-state index contributed by atoms with van der Waals surface area (Å²) in [6.45, 7) is 0. The molecule has 0 fully saturated rings. The van der Waals surface area contributed by atoms with Crippen molar-refractivity contribution in [1.82, 2.24) is 5.32 Å². The van der Waals surface area contributed by atoms with Crippen LogP contribution in [0, 0.1) is 0 Å². The van der Waals surface area contributed by atoms with Crippen molar-refractivity contribution in [2.45, 2.75) is 50.5 Å². The fourth-order valence-electron chi connectivity index (χ4n) is 2.05. The van der Waals surface area contributed by atoms with Crippen LogP contribution in [0.15, 0.2) is 11.6 Å². The number of allylic oxidation sites excluding steroid dienone is 1. The van der Waals surface area contributed by atoms with Gasteiger partial charge in [-0.25, -0.2) is 8.78 Å². The summed E-state index contributed by atoms with van der Waals surface area (Å²) in [5.74, 6) is -4.00. The predicted molar refractivity (Wildman–Crippen MR) is 55.0 cm³/mol. The van der Waals surface area contributed by atoms with E-state index in [2.05, 4.69) is 5.32 Å². The third-order valence-corrected chi connectivity index (χ3v) is 2.91. The van der Waals surface area contributed by atoms with Crippen LogP contribution >= 0.6 is 0 Å². The Hall–Kier alpha value is -0.580. The first kappa shape index (κ1) is 13.5. The second kappa shape index (κ2) is 5.66. The van der Waals surface area contributed by atoms with Gasteiger partial charge in [0.1, 0.15) is 0 Å². The number of nitrogens with one attached hydrogen (secondary N) is 1. The Labute approximate surface area is 92.9 Å². The summed E-state index contributed by atoms with van der Waals surface area (Å²) >= 11 is 0. The lowest BCUT2D eigenvalue weighted by Gasteiger charge is -2.28. The fraction of sp³-hybridized carbons (Fsp3) is 0.818. The van der Waals surface area contributed by atoms with Crippen molar-refractivity contribution in [2.24, 2.45) is 0 Å². The quantitative estimate of drug-likeness (QED) is 0.586. The van der Waals surface area contributed by atoms with Gasteiger partial charge in [0.25, 0.3) is 0 Å². The van der Waals surface area contributed by atoms with E-state index in [9.17, 15) is 17.6 Å². The van der Waals surface area contributed by atoms with Crippen LogP contribution in [0.2, 0.25) is 0 Å². The molecular formula is C11H17F4N. The smallest absolute Gasteiger partial charge is 0.308 e. The van der Waals surface area contributed by atoms with Gasteiger partial charge >= 0.3 is 12.3 Å². The Bertz CT molecular complexity index is 250. The van der Waals surface area contributed by atoms with E-state index in [4.69, 9.17) is 0 Å². The van der Waals surface area contributed by atoms with E-state index >= 15 is 0 Å². The molecule has 1 aliphatic rings. The summed E-state index contributed by atoms with van der Waals surface area (Å²) in [5, 5.41) is 2.32. The van der Waals surface area contributed by atoms with Gasteiger partial charge in [0, 0.05) is 0 Å². The Balaban J connectivity index is 2.83. The molecule has 1 rings (SSSR count). The molecule has 1 N–H and O–H groups in total. The van der Waals surface area contributed by atoms with E-state index in [1.54, 1.807) is 6.08 Å². The molecule has 0 aromatic heterocycles. The molecule has 0 heterocycles. The molecule has 0 aromatic rings. The SMILES string of the molecule is CNC(C1=CCCCCC1)C(F)(F)C(F)F. The van der Waals surface area contributed by atoms with Crippen molar-refractivity contribution in [3.8, 4) is 0 Å². The minimum atomic E-state index is -4.00. The average Bonchev–Trinajstić information content (AvgIpc) is 2.47. The van der Waals surface area contributed by atoms with Crippen LogP contribution in [0.5, 0.6) is 0 Å². The molecule has 1 unspecified atom stereocenters. The first-order valence-electron chi connectivity index (χ1n) is 5.52. The van der Waals surface area contributed by atoms with Crippen LogP contribution < -0.4 is 5.32 Å². The van der Waals surface area contributed by atoms with Crippen LogP contribution in [-0.2, 0) is 0 Å². The summed E-state index contributed by atoms with van der Waals surface area (Å²) in [6, 6.07) is -1.54. The normalized spacial score (nSPS) is 20.5. The van der Waals surface area contributed by atoms with Crippen LogP contribution in [0.3, 0.4) is 0 Å². The molecule has 0 aromatic carbocycles. The van der Waals surface area contributed by atoms with E-state index in [-0.39, 0.29) is 0 Å². The monoisotopic (exact) mass is 239 g/mol. The molecule has 0 aliphatic heterocycles. The van der Waals surface area contributed by atoms with Crippen molar-refractivity contribution in [2.75, 3.05) is 7.05 Å². The van der Waals surface area contributed by atoms with Gasteiger partial charge in [0.15, 0.2) is 0 Å². The summed E-state index contributed by atoms with van der Waals surface area (Å²) < 4.78 is 51.1. The lowest BCUT2D eigenvalue weighted by molar-refractivity contribution is -0.142. The number of hydrogen-bond donors (Lipinski definition) is 1. The Morgan fingerprint density at radius 1 is 1.25 bits per heavy atom. The topological polar surface area (TPSA) is 12.0 Å². The maximum Gasteiger partial charge on any atom is 0.326 e. The van der Waals surface area contributed by atoms with Crippen molar-refractivity contribution in [3.05, 3.63) is 11.6 Å². The molecule has 0 saturated heterocycles.